The smallest absolute Gasteiger partial charge is 0.00516 e. The van der Waals surface area contributed by atoms with Crippen LogP contribution in [0.2, 0.25) is 0 Å². The Morgan fingerprint density at radius 2 is 1.52 bits per heavy atom. The van der Waals surface area contributed by atoms with E-state index in [2.05, 4.69) is 52.8 Å². The molecular weight excluding hydrogens is 344 g/mol. The van der Waals surface area contributed by atoms with Gasteiger partial charge < -0.3 is 0 Å². The lowest BCUT2D eigenvalue weighted by atomic mass is 9.54. The van der Waals surface area contributed by atoms with Crippen LogP contribution in [-0.4, -0.2) is 0 Å². The molecule has 1 heteroatoms. The Kier molecular flexibility index (Phi) is 4.50. The van der Waals surface area contributed by atoms with Crippen LogP contribution in [0.4, 0.5) is 0 Å². The summed E-state index contributed by atoms with van der Waals surface area (Å²) in [7, 11) is 0. The largest absolute Gasteiger partial charge is 0.0952 e. The lowest BCUT2D eigenvalue weighted by molar-refractivity contribution is 0.0689. The molecule has 4 aliphatic carbocycles. The topological polar surface area (TPSA) is 0 Å². The molecule has 0 nitrogen and oxygen atoms in total. The van der Waals surface area contributed by atoms with Gasteiger partial charge in [0, 0.05) is 0 Å². The summed E-state index contributed by atoms with van der Waals surface area (Å²) in [6.07, 6.45) is 11.0. The van der Waals surface area contributed by atoms with E-state index < -0.39 is 0 Å². The van der Waals surface area contributed by atoms with Gasteiger partial charge in [0.1, 0.15) is 0 Å². The van der Waals surface area contributed by atoms with E-state index in [4.69, 9.17) is 0 Å². The zero-order valence-electron chi connectivity index (χ0n) is 13.9. The molecule has 0 atom stereocenters. The van der Waals surface area contributed by atoms with Crippen LogP contribution < -0.4 is 0 Å². The third-order valence-corrected chi connectivity index (χ3v) is 7.24. The van der Waals surface area contributed by atoms with Crippen molar-refractivity contribution in [1.82, 2.24) is 0 Å². The molecule has 23 heavy (non-hydrogen) atoms. The second-order valence-electron chi connectivity index (χ2n) is 7.99. The van der Waals surface area contributed by atoms with Crippen molar-refractivity contribution < 1.29 is 0 Å². The maximum Gasteiger partial charge on any atom is -0.00516 e. The molecule has 4 saturated carbocycles. The van der Waals surface area contributed by atoms with Crippen LogP contribution in [0.5, 0.6) is 0 Å². The second-order valence-corrected chi connectivity index (χ2v) is 8.95. The highest BCUT2D eigenvalue weighted by atomic mass is 79.9. The van der Waals surface area contributed by atoms with Gasteiger partial charge in [-0.05, 0) is 90.7 Å². The van der Waals surface area contributed by atoms with Crippen molar-refractivity contribution in [2.45, 2.75) is 51.4 Å². The lowest BCUT2D eigenvalue weighted by Crippen LogP contribution is -2.40. The van der Waals surface area contributed by atoms with Gasteiger partial charge in [-0.2, -0.15) is 0 Å². The quantitative estimate of drug-likeness (QED) is 0.524. The molecule has 4 aliphatic rings. The first-order valence-corrected chi connectivity index (χ1v) is 10.1. The molecule has 4 bridgehead atoms. The van der Waals surface area contributed by atoms with Gasteiger partial charge >= 0.3 is 0 Å². The fourth-order valence-electron chi connectivity index (χ4n) is 5.55. The molecule has 0 aromatic heterocycles. The number of halogens is 1. The zero-order chi connectivity index (χ0) is 15.8. The molecule has 0 unspecified atom stereocenters. The van der Waals surface area contributed by atoms with Crippen LogP contribution in [0.3, 0.4) is 0 Å². The number of allylic oxidation sites excluding steroid dienone is 3. The van der Waals surface area contributed by atoms with Crippen LogP contribution in [0.25, 0.3) is 5.57 Å². The minimum absolute atomic E-state index is 0.915. The first kappa shape index (κ1) is 15.7. The minimum atomic E-state index is 0.915. The average Bonchev–Trinajstić information content (AvgIpc) is 2.54. The van der Waals surface area contributed by atoms with Gasteiger partial charge in [0.15, 0.2) is 0 Å². The van der Waals surface area contributed by atoms with E-state index in [-0.39, 0.29) is 0 Å². The zero-order valence-corrected chi connectivity index (χ0v) is 15.5. The second kappa shape index (κ2) is 6.59. The Bertz CT molecular complexity index is 580. The van der Waals surface area contributed by atoms with Crippen LogP contribution in [-0.2, 0) is 0 Å². The molecule has 4 fully saturated rings. The molecule has 0 radical (unpaired) electrons. The fourth-order valence-corrected chi connectivity index (χ4v) is 6.48. The fraction of sp³-hybridized carbons (Fsp3) is 0.545. The third-order valence-electron chi connectivity index (χ3n) is 6.39. The molecule has 0 aliphatic heterocycles. The first-order valence-electron chi connectivity index (χ1n) is 9.32. The van der Waals surface area contributed by atoms with Gasteiger partial charge in [-0.1, -0.05) is 58.4 Å². The van der Waals surface area contributed by atoms with Crippen molar-refractivity contribution in [2.24, 2.45) is 23.7 Å². The van der Waals surface area contributed by atoms with Gasteiger partial charge in [-0.15, -0.1) is 0 Å². The Morgan fingerprint density at radius 3 is 2.13 bits per heavy atom. The first-order chi connectivity index (χ1) is 11.2. The summed E-state index contributed by atoms with van der Waals surface area (Å²) in [5, 5.41) is 0. The minimum Gasteiger partial charge on any atom is -0.0952 e. The Balaban J connectivity index is 1.37. The van der Waals surface area contributed by atoms with Crippen molar-refractivity contribution in [1.29, 1.82) is 0 Å². The molecule has 5 rings (SSSR count). The monoisotopic (exact) mass is 370 g/mol. The highest BCUT2D eigenvalue weighted by Gasteiger charge is 2.45. The third kappa shape index (κ3) is 3.22. The van der Waals surface area contributed by atoms with Gasteiger partial charge in [0.25, 0.3) is 0 Å². The van der Waals surface area contributed by atoms with E-state index in [1.165, 1.54) is 56.1 Å². The number of rotatable bonds is 5. The van der Waals surface area contributed by atoms with Crippen LogP contribution in [0.15, 0.2) is 47.0 Å². The van der Waals surface area contributed by atoms with Crippen molar-refractivity contribution in [3.05, 3.63) is 52.5 Å². The number of hydrogen-bond donors (Lipinski definition) is 0. The van der Waals surface area contributed by atoms with E-state index in [0.717, 1.165) is 30.1 Å². The Hall–Kier alpha value is -0.820. The van der Waals surface area contributed by atoms with E-state index in [1.807, 2.05) is 5.57 Å². The van der Waals surface area contributed by atoms with Crippen LogP contribution in [0, 0.1) is 23.7 Å². The molecule has 0 spiro atoms. The van der Waals surface area contributed by atoms with Crippen molar-refractivity contribution in [2.75, 3.05) is 0 Å². The summed E-state index contributed by atoms with van der Waals surface area (Å²) in [6.45, 7) is 4.28. The summed E-state index contributed by atoms with van der Waals surface area (Å²) in [5.41, 5.74) is 4.40. The van der Waals surface area contributed by atoms with Gasteiger partial charge in [-0.25, -0.2) is 0 Å². The summed E-state index contributed by atoms with van der Waals surface area (Å²) in [4.78, 5) is 0. The van der Waals surface area contributed by atoms with Gasteiger partial charge in [0.2, 0.25) is 0 Å². The normalized spacial score (nSPS) is 31.4. The SMILES string of the molecule is C=C(CCCC(Br)=C1C2CC3CC(C2)CC1C3)c1ccccc1. The predicted molar refractivity (Wildman–Crippen MR) is 102 cm³/mol. The predicted octanol–water partition coefficient (Wildman–Crippen LogP) is 6.98. The number of hydrogen-bond acceptors (Lipinski definition) is 0. The Morgan fingerprint density at radius 1 is 0.913 bits per heavy atom. The molecule has 0 saturated heterocycles. The van der Waals surface area contributed by atoms with Crippen LogP contribution >= 0.6 is 15.9 Å². The van der Waals surface area contributed by atoms with Crippen molar-refractivity contribution in [3.63, 3.8) is 0 Å². The summed E-state index contributed by atoms with van der Waals surface area (Å²) < 4.78 is 1.55. The van der Waals surface area contributed by atoms with Gasteiger partial charge in [-0.3, -0.25) is 0 Å². The van der Waals surface area contributed by atoms with Crippen LogP contribution in [0.1, 0.15) is 56.9 Å². The van der Waals surface area contributed by atoms with Crippen molar-refractivity contribution in [3.8, 4) is 0 Å². The molecule has 1 aromatic rings. The summed E-state index contributed by atoms with van der Waals surface area (Å²) in [6, 6.07) is 10.6. The van der Waals surface area contributed by atoms with Gasteiger partial charge in [0.05, 0.1) is 0 Å². The molecule has 0 N–H and O–H groups in total. The average molecular weight is 371 g/mol. The molecule has 0 heterocycles. The molecule has 1 aromatic carbocycles. The summed E-state index contributed by atoms with van der Waals surface area (Å²) >= 11 is 3.99. The standard InChI is InChI=1S/C22H27Br/c1-15(18-7-3-2-4-8-18)6-5-9-21(23)22-19-11-16-10-17(13-19)14-20(22)12-16/h2-4,7-8,16-17,19-20H,1,5-6,9-14H2. The highest BCUT2D eigenvalue weighted by molar-refractivity contribution is 9.11. The molecule has 122 valence electrons. The van der Waals surface area contributed by atoms with E-state index in [9.17, 15) is 0 Å². The van der Waals surface area contributed by atoms with Crippen molar-refractivity contribution >= 4 is 21.5 Å². The maximum absolute atomic E-state index is 4.28. The molecule has 0 amide bonds. The van der Waals surface area contributed by atoms with E-state index in [0.29, 0.717) is 0 Å². The van der Waals surface area contributed by atoms with E-state index in [1.54, 1.807) is 4.48 Å². The lowest BCUT2D eigenvalue weighted by Gasteiger charge is -2.52. The molecular formula is C22H27Br. The Labute approximate surface area is 149 Å². The highest BCUT2D eigenvalue weighted by Crippen LogP contribution is 2.57. The summed E-state index contributed by atoms with van der Waals surface area (Å²) in [5.74, 6) is 3.94. The number of benzene rings is 1. The van der Waals surface area contributed by atoms with E-state index >= 15 is 0 Å². The maximum atomic E-state index is 4.28.